The summed E-state index contributed by atoms with van der Waals surface area (Å²) in [5, 5.41) is 9.93. The molecule has 1 N–H and O–H groups in total. The maximum Gasteiger partial charge on any atom is 0.119 e. The van der Waals surface area contributed by atoms with E-state index in [4.69, 9.17) is 4.74 Å². The minimum atomic E-state index is -0.522. The maximum atomic E-state index is 9.93. The molecule has 1 aromatic carbocycles. The molecule has 1 aromatic rings. The highest BCUT2D eigenvalue weighted by molar-refractivity contribution is 5.33. The van der Waals surface area contributed by atoms with Gasteiger partial charge in [0.2, 0.25) is 0 Å². The highest BCUT2D eigenvalue weighted by atomic mass is 16.5. The minimum absolute atomic E-state index is 0.412. The van der Waals surface area contributed by atoms with Crippen molar-refractivity contribution in [2.45, 2.75) is 50.2 Å². The van der Waals surface area contributed by atoms with Crippen LogP contribution in [0.15, 0.2) is 24.3 Å². The van der Waals surface area contributed by atoms with Gasteiger partial charge >= 0.3 is 0 Å². The van der Waals surface area contributed by atoms with E-state index in [9.17, 15) is 5.11 Å². The van der Waals surface area contributed by atoms with Crippen molar-refractivity contribution in [3.63, 3.8) is 0 Å². The predicted molar refractivity (Wildman–Crippen MR) is 62.5 cm³/mol. The average Bonchev–Trinajstić information content (AvgIpc) is 2.85. The molecule has 0 amide bonds. The minimum Gasteiger partial charge on any atom is -0.490 e. The number of rotatable bonds is 3. The topological polar surface area (TPSA) is 29.5 Å². The monoisotopic (exact) mass is 218 g/mol. The van der Waals surface area contributed by atoms with Gasteiger partial charge in [-0.25, -0.2) is 0 Å². The largest absolute Gasteiger partial charge is 0.490 e. The summed E-state index contributed by atoms with van der Waals surface area (Å²) >= 11 is 0. The smallest absolute Gasteiger partial charge is 0.119 e. The third-order valence-corrected chi connectivity index (χ3v) is 3.72. The molecule has 0 unspecified atom stereocenters. The zero-order chi connectivity index (χ0) is 11.0. The van der Waals surface area contributed by atoms with Gasteiger partial charge < -0.3 is 9.84 Å². The Bertz CT molecular complexity index is 359. The molecule has 2 aliphatic carbocycles. The SMILES string of the molecule is OC1(c2ccc(OC3CCCC3)cc2)CC1. The van der Waals surface area contributed by atoms with Crippen LogP contribution in [-0.2, 0) is 5.60 Å². The van der Waals surface area contributed by atoms with Crippen LogP contribution in [0.2, 0.25) is 0 Å². The van der Waals surface area contributed by atoms with Gasteiger partial charge in [-0.2, -0.15) is 0 Å². The molecule has 0 heterocycles. The zero-order valence-electron chi connectivity index (χ0n) is 9.48. The molecule has 2 fully saturated rings. The van der Waals surface area contributed by atoms with Crippen LogP contribution in [0, 0.1) is 0 Å². The molecule has 0 atom stereocenters. The molecule has 2 saturated carbocycles. The highest BCUT2D eigenvalue weighted by Gasteiger charge is 2.41. The summed E-state index contributed by atoms with van der Waals surface area (Å²) in [6.45, 7) is 0. The van der Waals surface area contributed by atoms with Gasteiger partial charge in [0.15, 0.2) is 0 Å². The third-order valence-electron chi connectivity index (χ3n) is 3.72. The van der Waals surface area contributed by atoms with Gasteiger partial charge in [-0.15, -0.1) is 0 Å². The van der Waals surface area contributed by atoms with E-state index in [1.54, 1.807) is 0 Å². The number of hydrogen-bond donors (Lipinski definition) is 1. The van der Waals surface area contributed by atoms with Crippen molar-refractivity contribution >= 4 is 0 Å². The molecule has 2 nitrogen and oxygen atoms in total. The van der Waals surface area contributed by atoms with Gasteiger partial charge in [-0.05, 0) is 56.2 Å². The molecule has 86 valence electrons. The fraction of sp³-hybridized carbons (Fsp3) is 0.571. The molecule has 0 bridgehead atoms. The molecule has 0 radical (unpaired) electrons. The predicted octanol–water partition coefficient (Wildman–Crippen LogP) is 2.99. The van der Waals surface area contributed by atoms with Crippen LogP contribution in [0.5, 0.6) is 5.75 Å². The Kier molecular flexibility index (Phi) is 2.40. The molecule has 0 aromatic heterocycles. The standard InChI is InChI=1S/C14H18O2/c15-14(9-10-14)11-5-7-13(8-6-11)16-12-3-1-2-4-12/h5-8,12,15H,1-4,9-10H2. The molecule has 2 aliphatic rings. The van der Waals surface area contributed by atoms with E-state index in [0.29, 0.717) is 6.10 Å². The van der Waals surface area contributed by atoms with Gasteiger partial charge in [-0.3, -0.25) is 0 Å². The summed E-state index contributed by atoms with van der Waals surface area (Å²) in [6, 6.07) is 7.97. The Labute approximate surface area is 96.2 Å². The van der Waals surface area contributed by atoms with Crippen LogP contribution >= 0.6 is 0 Å². The zero-order valence-corrected chi connectivity index (χ0v) is 9.48. The van der Waals surface area contributed by atoms with Crippen molar-refractivity contribution in [3.05, 3.63) is 29.8 Å². The molecule has 0 saturated heterocycles. The molecule has 0 spiro atoms. The first-order valence-corrected chi connectivity index (χ1v) is 6.26. The third kappa shape index (κ3) is 1.94. The van der Waals surface area contributed by atoms with Crippen molar-refractivity contribution in [2.24, 2.45) is 0 Å². The summed E-state index contributed by atoms with van der Waals surface area (Å²) in [5.74, 6) is 0.944. The molecular formula is C14H18O2. The van der Waals surface area contributed by atoms with Crippen LogP contribution < -0.4 is 4.74 Å². The summed E-state index contributed by atoms with van der Waals surface area (Å²) in [4.78, 5) is 0. The number of aliphatic hydroxyl groups is 1. The lowest BCUT2D eigenvalue weighted by atomic mass is 10.1. The van der Waals surface area contributed by atoms with Crippen molar-refractivity contribution in [1.82, 2.24) is 0 Å². The van der Waals surface area contributed by atoms with Gasteiger partial charge in [0.1, 0.15) is 5.75 Å². The first kappa shape index (κ1) is 10.2. The lowest BCUT2D eigenvalue weighted by Gasteiger charge is -2.14. The number of hydrogen-bond acceptors (Lipinski definition) is 2. The fourth-order valence-corrected chi connectivity index (χ4v) is 2.45. The van der Waals surface area contributed by atoms with Crippen molar-refractivity contribution in [1.29, 1.82) is 0 Å². The average molecular weight is 218 g/mol. The Morgan fingerprint density at radius 1 is 1.06 bits per heavy atom. The van der Waals surface area contributed by atoms with E-state index in [1.807, 2.05) is 24.3 Å². The fourth-order valence-electron chi connectivity index (χ4n) is 2.45. The summed E-state index contributed by atoms with van der Waals surface area (Å²) in [6.07, 6.45) is 7.17. The molecule has 16 heavy (non-hydrogen) atoms. The number of benzene rings is 1. The summed E-state index contributed by atoms with van der Waals surface area (Å²) in [7, 11) is 0. The molecular weight excluding hydrogens is 200 g/mol. The Morgan fingerprint density at radius 2 is 1.69 bits per heavy atom. The van der Waals surface area contributed by atoms with E-state index in [1.165, 1.54) is 25.7 Å². The second kappa shape index (κ2) is 3.77. The van der Waals surface area contributed by atoms with Crippen LogP contribution in [0.3, 0.4) is 0 Å². The van der Waals surface area contributed by atoms with Gasteiger partial charge in [-0.1, -0.05) is 12.1 Å². The lowest BCUT2D eigenvalue weighted by Crippen LogP contribution is -2.11. The first-order valence-electron chi connectivity index (χ1n) is 6.26. The van der Waals surface area contributed by atoms with Crippen LogP contribution in [0.1, 0.15) is 44.1 Å². The van der Waals surface area contributed by atoms with E-state index in [0.717, 1.165) is 24.2 Å². The van der Waals surface area contributed by atoms with Crippen LogP contribution in [0.4, 0.5) is 0 Å². The summed E-state index contributed by atoms with van der Waals surface area (Å²) in [5.41, 5.74) is 0.512. The lowest BCUT2D eigenvalue weighted by molar-refractivity contribution is 0.151. The number of ether oxygens (including phenoxy) is 1. The molecule has 0 aliphatic heterocycles. The van der Waals surface area contributed by atoms with Crippen molar-refractivity contribution < 1.29 is 9.84 Å². The van der Waals surface area contributed by atoms with E-state index in [-0.39, 0.29) is 0 Å². The van der Waals surface area contributed by atoms with Crippen LogP contribution in [0.25, 0.3) is 0 Å². The van der Waals surface area contributed by atoms with Gasteiger partial charge in [0, 0.05) is 0 Å². The second-order valence-corrected chi connectivity index (χ2v) is 5.08. The van der Waals surface area contributed by atoms with Crippen molar-refractivity contribution in [3.8, 4) is 5.75 Å². The van der Waals surface area contributed by atoms with E-state index >= 15 is 0 Å². The molecule has 3 rings (SSSR count). The Hall–Kier alpha value is -1.02. The normalized spacial score (nSPS) is 23.3. The van der Waals surface area contributed by atoms with Crippen LogP contribution in [-0.4, -0.2) is 11.2 Å². The molecule has 2 heteroatoms. The Balaban J connectivity index is 1.67. The van der Waals surface area contributed by atoms with Gasteiger partial charge in [0.25, 0.3) is 0 Å². The maximum absolute atomic E-state index is 9.93. The highest BCUT2D eigenvalue weighted by Crippen LogP contribution is 2.45. The Morgan fingerprint density at radius 3 is 2.25 bits per heavy atom. The first-order chi connectivity index (χ1) is 7.76. The quantitative estimate of drug-likeness (QED) is 0.845. The summed E-state index contributed by atoms with van der Waals surface area (Å²) < 4.78 is 5.88. The van der Waals surface area contributed by atoms with Crippen molar-refractivity contribution in [2.75, 3.05) is 0 Å². The second-order valence-electron chi connectivity index (χ2n) is 5.08. The van der Waals surface area contributed by atoms with E-state index in [2.05, 4.69) is 0 Å². The van der Waals surface area contributed by atoms with Gasteiger partial charge in [0.05, 0.1) is 11.7 Å². The van der Waals surface area contributed by atoms with E-state index < -0.39 is 5.60 Å².